The number of likely N-dealkylation sites (tertiary alicyclic amines) is 1. The maximum absolute atomic E-state index is 13.3. The third kappa shape index (κ3) is 6.21. The van der Waals surface area contributed by atoms with Crippen LogP contribution in [0.4, 0.5) is 0 Å². The topological polar surface area (TPSA) is 90.0 Å². The van der Waals surface area contributed by atoms with Gasteiger partial charge in [0.2, 0.25) is 17.7 Å². The van der Waals surface area contributed by atoms with E-state index in [9.17, 15) is 14.4 Å². The van der Waals surface area contributed by atoms with Crippen LogP contribution in [0.15, 0.2) is 0 Å². The summed E-state index contributed by atoms with van der Waals surface area (Å²) in [6, 6.07) is 0.258. The number of aliphatic hydroxyl groups excluding tert-OH is 1. The van der Waals surface area contributed by atoms with E-state index in [1.807, 2.05) is 4.90 Å². The van der Waals surface area contributed by atoms with Gasteiger partial charge >= 0.3 is 0 Å². The van der Waals surface area contributed by atoms with Gasteiger partial charge in [-0.25, -0.2) is 0 Å². The highest BCUT2D eigenvalue weighted by Gasteiger charge is 2.43. The van der Waals surface area contributed by atoms with Crippen molar-refractivity contribution in [1.29, 1.82) is 0 Å². The lowest BCUT2D eigenvalue weighted by molar-refractivity contribution is -0.146. The number of nitrogens with one attached hydrogen (secondary N) is 1. The Kier molecular flexibility index (Phi) is 8.36. The number of fused-ring (bicyclic) bond motifs is 4. The minimum atomic E-state index is -0.122. The second-order valence-electron chi connectivity index (χ2n) is 10.4. The predicted octanol–water partition coefficient (Wildman–Crippen LogP) is 2.18. The molecule has 0 saturated carbocycles. The van der Waals surface area contributed by atoms with Crippen LogP contribution in [0.5, 0.6) is 0 Å². The number of rotatable bonds is 3. The molecule has 5 atom stereocenters. The zero-order valence-electron chi connectivity index (χ0n) is 19.5. The van der Waals surface area contributed by atoms with Gasteiger partial charge in [0.1, 0.15) is 0 Å². The van der Waals surface area contributed by atoms with Gasteiger partial charge in [0.25, 0.3) is 0 Å². The second-order valence-corrected chi connectivity index (χ2v) is 10.4. The average molecular weight is 436 g/mol. The maximum Gasteiger partial charge on any atom is 0.224 e. The molecule has 3 heterocycles. The van der Waals surface area contributed by atoms with E-state index in [0.717, 1.165) is 32.1 Å². The van der Waals surface area contributed by atoms with Gasteiger partial charge in [-0.05, 0) is 55.8 Å². The molecule has 0 unspecified atom stereocenters. The lowest BCUT2D eigenvalue weighted by atomic mass is 9.77. The van der Waals surface area contributed by atoms with Crippen LogP contribution in [-0.4, -0.2) is 71.0 Å². The standard InChI is InChI=1S/C24H41N3O4/c1-16(2)20-8-7-17(3)11-24(31)27-14-18-12-19(15-26(13-18)23(30)9-10-28)21(27)5-4-6-22(29)25-20/h16-21,28H,4-15H2,1-3H3,(H,25,29)/t17-,18+,19-,20+,21+/m1/s1. The predicted molar refractivity (Wildman–Crippen MR) is 119 cm³/mol. The molecular weight excluding hydrogens is 394 g/mol. The van der Waals surface area contributed by atoms with Crippen LogP contribution in [0.3, 0.4) is 0 Å². The van der Waals surface area contributed by atoms with Crippen LogP contribution >= 0.6 is 0 Å². The molecule has 7 heteroatoms. The quantitative estimate of drug-likeness (QED) is 0.711. The number of carbonyl (C=O) groups excluding carboxylic acids is 3. The number of aliphatic hydroxyl groups is 1. The van der Waals surface area contributed by atoms with Crippen molar-refractivity contribution in [2.24, 2.45) is 23.7 Å². The Morgan fingerprint density at radius 2 is 1.94 bits per heavy atom. The van der Waals surface area contributed by atoms with Crippen molar-refractivity contribution in [3.63, 3.8) is 0 Å². The molecule has 0 aromatic carbocycles. The molecule has 3 amide bonds. The Hall–Kier alpha value is -1.63. The normalized spacial score (nSPS) is 33.1. The van der Waals surface area contributed by atoms with Gasteiger partial charge in [-0.2, -0.15) is 0 Å². The highest BCUT2D eigenvalue weighted by Crippen LogP contribution is 2.36. The van der Waals surface area contributed by atoms with Gasteiger partial charge in [-0.3, -0.25) is 14.4 Å². The molecule has 0 radical (unpaired) electrons. The number of hydrogen-bond acceptors (Lipinski definition) is 4. The third-order valence-corrected chi connectivity index (χ3v) is 7.52. The molecule has 7 nitrogen and oxygen atoms in total. The van der Waals surface area contributed by atoms with Crippen molar-refractivity contribution in [1.82, 2.24) is 15.1 Å². The molecule has 0 aliphatic carbocycles. The van der Waals surface area contributed by atoms with Crippen molar-refractivity contribution in [3.8, 4) is 0 Å². The van der Waals surface area contributed by atoms with Crippen molar-refractivity contribution in [2.75, 3.05) is 26.2 Å². The van der Waals surface area contributed by atoms with Crippen LogP contribution in [-0.2, 0) is 14.4 Å². The first-order valence-electron chi connectivity index (χ1n) is 12.3. The van der Waals surface area contributed by atoms with E-state index in [4.69, 9.17) is 5.11 Å². The van der Waals surface area contributed by atoms with Gasteiger partial charge in [0, 0.05) is 51.0 Å². The van der Waals surface area contributed by atoms with Gasteiger partial charge in [-0.15, -0.1) is 0 Å². The summed E-state index contributed by atoms with van der Waals surface area (Å²) in [5.74, 6) is 1.59. The summed E-state index contributed by atoms with van der Waals surface area (Å²) in [4.78, 5) is 42.3. The summed E-state index contributed by atoms with van der Waals surface area (Å²) in [6.07, 6.45) is 5.66. The number of piperidine rings is 2. The lowest BCUT2D eigenvalue weighted by Crippen LogP contribution is -2.60. The summed E-state index contributed by atoms with van der Waals surface area (Å²) < 4.78 is 0. The zero-order chi connectivity index (χ0) is 22.5. The van der Waals surface area contributed by atoms with E-state index in [2.05, 4.69) is 31.0 Å². The van der Waals surface area contributed by atoms with Crippen molar-refractivity contribution in [2.45, 2.75) is 84.2 Å². The minimum absolute atomic E-state index is 0.00865. The van der Waals surface area contributed by atoms with Crippen LogP contribution in [0, 0.1) is 23.7 Å². The van der Waals surface area contributed by atoms with Crippen LogP contribution in [0.25, 0.3) is 0 Å². The SMILES string of the molecule is CC(C)[C@@H]1CC[C@@H](C)CC(=O)N2C[C@H]3C[C@H](CN(C(=O)CCO)C3)[C@@H]2CCCC(=O)N1. The minimum Gasteiger partial charge on any atom is -0.396 e. The van der Waals surface area contributed by atoms with Crippen LogP contribution in [0.1, 0.15) is 72.1 Å². The Balaban J connectivity index is 1.75. The smallest absolute Gasteiger partial charge is 0.224 e. The molecule has 3 fully saturated rings. The Morgan fingerprint density at radius 1 is 1.16 bits per heavy atom. The first-order chi connectivity index (χ1) is 14.8. The molecule has 31 heavy (non-hydrogen) atoms. The molecule has 176 valence electrons. The summed E-state index contributed by atoms with van der Waals surface area (Å²) in [5, 5.41) is 12.4. The van der Waals surface area contributed by atoms with Crippen molar-refractivity contribution in [3.05, 3.63) is 0 Å². The first-order valence-corrected chi connectivity index (χ1v) is 12.3. The summed E-state index contributed by atoms with van der Waals surface area (Å²) >= 11 is 0. The van der Waals surface area contributed by atoms with Gasteiger partial charge < -0.3 is 20.2 Å². The Morgan fingerprint density at radius 3 is 2.65 bits per heavy atom. The number of nitrogens with zero attached hydrogens (tertiary/aromatic N) is 2. The third-order valence-electron chi connectivity index (χ3n) is 7.52. The number of carbonyl (C=O) groups is 3. The van der Waals surface area contributed by atoms with Gasteiger partial charge in [0.15, 0.2) is 0 Å². The highest BCUT2D eigenvalue weighted by atomic mass is 16.3. The van der Waals surface area contributed by atoms with Crippen molar-refractivity contribution < 1.29 is 19.5 Å². The fraction of sp³-hybridized carbons (Fsp3) is 0.875. The van der Waals surface area contributed by atoms with Crippen molar-refractivity contribution >= 4 is 17.7 Å². The maximum atomic E-state index is 13.3. The second kappa shape index (κ2) is 10.8. The molecule has 2 bridgehead atoms. The molecule has 0 aromatic heterocycles. The average Bonchev–Trinajstić information content (AvgIpc) is 2.72. The van der Waals surface area contributed by atoms with E-state index in [1.165, 1.54) is 0 Å². The van der Waals surface area contributed by atoms with E-state index in [0.29, 0.717) is 44.3 Å². The monoisotopic (exact) mass is 435 g/mol. The highest BCUT2D eigenvalue weighted by molar-refractivity contribution is 5.78. The molecule has 3 aliphatic rings. The molecule has 3 saturated heterocycles. The molecule has 2 N–H and O–H groups in total. The summed E-state index contributed by atoms with van der Waals surface area (Å²) in [5.41, 5.74) is 0. The van der Waals surface area contributed by atoms with Gasteiger partial charge in [-0.1, -0.05) is 20.8 Å². The number of hydrogen-bond donors (Lipinski definition) is 2. The largest absolute Gasteiger partial charge is 0.396 e. The zero-order valence-corrected chi connectivity index (χ0v) is 19.5. The molecular formula is C24H41N3O4. The lowest BCUT2D eigenvalue weighted by Gasteiger charge is -2.51. The van der Waals surface area contributed by atoms with Gasteiger partial charge in [0.05, 0.1) is 6.61 Å². The molecule has 3 aliphatic heterocycles. The fourth-order valence-corrected chi connectivity index (χ4v) is 5.77. The molecule has 0 spiro atoms. The van der Waals surface area contributed by atoms with Crippen LogP contribution in [0.2, 0.25) is 0 Å². The molecule has 0 aromatic rings. The summed E-state index contributed by atoms with van der Waals surface area (Å²) in [6.45, 7) is 8.35. The first kappa shape index (κ1) is 24.0. The summed E-state index contributed by atoms with van der Waals surface area (Å²) in [7, 11) is 0. The van der Waals surface area contributed by atoms with E-state index >= 15 is 0 Å². The Bertz CT molecular complexity index is 653. The number of amides is 3. The van der Waals surface area contributed by atoms with E-state index in [-0.39, 0.29) is 54.7 Å². The van der Waals surface area contributed by atoms with E-state index < -0.39 is 0 Å². The van der Waals surface area contributed by atoms with E-state index in [1.54, 1.807) is 0 Å². The molecule has 3 rings (SSSR count). The van der Waals surface area contributed by atoms with Crippen LogP contribution < -0.4 is 5.32 Å². The Labute approximate surface area is 186 Å². The fourth-order valence-electron chi connectivity index (χ4n) is 5.77.